The molecule has 0 aromatic rings. The van der Waals surface area contributed by atoms with E-state index in [4.69, 9.17) is 4.74 Å². The average Bonchev–Trinajstić information content (AvgIpc) is 2.08. The summed E-state index contributed by atoms with van der Waals surface area (Å²) in [6, 6.07) is 0. The highest BCUT2D eigenvalue weighted by atomic mass is 32.2. The molecule has 0 unspecified atom stereocenters. The Kier molecular flexibility index (Phi) is 5.16. The van der Waals surface area contributed by atoms with E-state index in [2.05, 4.69) is 0 Å². The summed E-state index contributed by atoms with van der Waals surface area (Å²) in [5, 5.41) is 0. The SMILES string of the molecule is C[C@H]1CCCN(S(C)(=O)=O)C[C@@H](CS(C)(=O)=O)O1. The molecule has 1 saturated heterocycles. The molecule has 0 spiro atoms. The summed E-state index contributed by atoms with van der Waals surface area (Å²) < 4.78 is 52.7. The van der Waals surface area contributed by atoms with Crippen LogP contribution in [0.2, 0.25) is 0 Å². The summed E-state index contributed by atoms with van der Waals surface area (Å²) >= 11 is 0. The summed E-state index contributed by atoms with van der Waals surface area (Å²) in [6.07, 6.45) is 3.08. The molecule has 1 aliphatic rings. The molecule has 0 aromatic heterocycles. The predicted octanol–water partition coefficient (Wildman–Crippen LogP) is -0.140. The van der Waals surface area contributed by atoms with Crippen LogP contribution >= 0.6 is 0 Å². The van der Waals surface area contributed by atoms with Crippen LogP contribution in [-0.2, 0) is 24.6 Å². The minimum absolute atomic E-state index is 0.0431. The lowest BCUT2D eigenvalue weighted by Gasteiger charge is -2.30. The monoisotopic (exact) mass is 299 g/mol. The molecule has 0 N–H and O–H groups in total. The first-order valence-corrected chi connectivity index (χ1v) is 9.77. The zero-order chi connectivity index (χ0) is 14.0. The summed E-state index contributed by atoms with van der Waals surface area (Å²) in [5.41, 5.74) is 0. The van der Waals surface area contributed by atoms with Crippen molar-refractivity contribution in [3.05, 3.63) is 0 Å². The van der Waals surface area contributed by atoms with Crippen molar-refractivity contribution < 1.29 is 21.6 Å². The molecule has 1 fully saturated rings. The Balaban J connectivity index is 2.84. The van der Waals surface area contributed by atoms with Crippen molar-refractivity contribution in [3.8, 4) is 0 Å². The van der Waals surface area contributed by atoms with Crippen LogP contribution in [0.1, 0.15) is 19.8 Å². The van der Waals surface area contributed by atoms with Crippen LogP contribution in [0.25, 0.3) is 0 Å². The number of hydrogen-bond donors (Lipinski definition) is 0. The van der Waals surface area contributed by atoms with Gasteiger partial charge in [-0.2, -0.15) is 4.31 Å². The number of nitrogens with zero attached hydrogens (tertiary/aromatic N) is 1. The van der Waals surface area contributed by atoms with Crippen molar-refractivity contribution in [3.63, 3.8) is 0 Å². The van der Waals surface area contributed by atoms with E-state index in [1.165, 1.54) is 4.31 Å². The van der Waals surface area contributed by atoms with E-state index in [1.807, 2.05) is 6.92 Å². The predicted molar refractivity (Wildman–Crippen MR) is 69.7 cm³/mol. The molecule has 1 rings (SSSR count). The van der Waals surface area contributed by atoms with E-state index in [-0.39, 0.29) is 18.4 Å². The van der Waals surface area contributed by atoms with E-state index in [1.54, 1.807) is 0 Å². The van der Waals surface area contributed by atoms with Gasteiger partial charge in [0.15, 0.2) is 0 Å². The number of rotatable bonds is 3. The third-order valence-electron chi connectivity index (χ3n) is 2.81. The lowest BCUT2D eigenvalue weighted by Crippen LogP contribution is -2.44. The van der Waals surface area contributed by atoms with Crippen LogP contribution in [0.4, 0.5) is 0 Å². The maximum atomic E-state index is 11.6. The minimum Gasteiger partial charge on any atom is -0.373 e. The molecule has 0 saturated carbocycles. The van der Waals surface area contributed by atoms with Crippen LogP contribution < -0.4 is 0 Å². The van der Waals surface area contributed by atoms with Crippen molar-refractivity contribution in [1.82, 2.24) is 4.31 Å². The first-order chi connectivity index (χ1) is 8.08. The standard InChI is InChI=1S/C10H21NO5S2/c1-9-5-4-6-11(18(3,14)15)7-10(16-9)8-17(2,12)13/h9-10H,4-8H2,1-3H3/t9-,10-/m0/s1. The third kappa shape index (κ3) is 5.64. The van der Waals surface area contributed by atoms with E-state index in [0.29, 0.717) is 6.54 Å². The molecular weight excluding hydrogens is 278 g/mol. The second kappa shape index (κ2) is 5.85. The van der Waals surface area contributed by atoms with Gasteiger partial charge in [-0.05, 0) is 19.8 Å². The fraction of sp³-hybridized carbons (Fsp3) is 1.00. The molecule has 1 aliphatic heterocycles. The van der Waals surface area contributed by atoms with Gasteiger partial charge in [0.1, 0.15) is 9.84 Å². The van der Waals surface area contributed by atoms with Gasteiger partial charge in [0.2, 0.25) is 10.0 Å². The fourth-order valence-electron chi connectivity index (χ4n) is 2.04. The summed E-state index contributed by atoms with van der Waals surface area (Å²) in [7, 11) is -6.50. The maximum absolute atomic E-state index is 11.6. The van der Waals surface area contributed by atoms with Gasteiger partial charge in [0.25, 0.3) is 0 Å². The number of sulfonamides is 1. The van der Waals surface area contributed by atoms with Crippen molar-refractivity contribution in [1.29, 1.82) is 0 Å². The fourth-order valence-corrected chi connectivity index (χ4v) is 3.80. The van der Waals surface area contributed by atoms with Crippen molar-refractivity contribution >= 4 is 19.9 Å². The quantitative estimate of drug-likeness (QED) is 0.724. The Morgan fingerprint density at radius 3 is 2.33 bits per heavy atom. The van der Waals surface area contributed by atoms with Crippen LogP contribution in [-0.4, -0.2) is 64.7 Å². The largest absolute Gasteiger partial charge is 0.373 e. The zero-order valence-electron chi connectivity index (χ0n) is 11.0. The zero-order valence-corrected chi connectivity index (χ0v) is 12.6. The molecule has 2 atom stereocenters. The van der Waals surface area contributed by atoms with Gasteiger partial charge < -0.3 is 4.74 Å². The van der Waals surface area contributed by atoms with Crippen LogP contribution in [0.3, 0.4) is 0 Å². The lowest BCUT2D eigenvalue weighted by molar-refractivity contribution is -0.0135. The molecule has 1 heterocycles. The van der Waals surface area contributed by atoms with Crippen LogP contribution in [0, 0.1) is 0 Å². The lowest BCUT2D eigenvalue weighted by atomic mass is 10.2. The Morgan fingerprint density at radius 1 is 1.22 bits per heavy atom. The van der Waals surface area contributed by atoms with E-state index in [0.717, 1.165) is 25.4 Å². The number of ether oxygens (including phenoxy) is 1. The van der Waals surface area contributed by atoms with Crippen LogP contribution in [0.15, 0.2) is 0 Å². The van der Waals surface area contributed by atoms with Gasteiger partial charge in [-0.3, -0.25) is 0 Å². The number of hydrogen-bond acceptors (Lipinski definition) is 5. The highest BCUT2D eigenvalue weighted by molar-refractivity contribution is 7.90. The molecule has 0 aliphatic carbocycles. The van der Waals surface area contributed by atoms with Gasteiger partial charge in [-0.15, -0.1) is 0 Å². The summed E-state index contributed by atoms with van der Waals surface area (Å²) in [5.74, 6) is -0.149. The summed E-state index contributed by atoms with van der Waals surface area (Å²) in [4.78, 5) is 0. The molecule has 0 aromatic carbocycles. The normalized spacial score (nSPS) is 28.6. The molecule has 0 amide bonds. The van der Waals surface area contributed by atoms with Gasteiger partial charge in [0.05, 0.1) is 24.2 Å². The Bertz CT molecular complexity index is 470. The maximum Gasteiger partial charge on any atom is 0.211 e. The second-order valence-corrected chi connectivity index (χ2v) is 9.09. The van der Waals surface area contributed by atoms with E-state index >= 15 is 0 Å². The highest BCUT2D eigenvalue weighted by Crippen LogP contribution is 2.15. The van der Waals surface area contributed by atoms with Crippen molar-refractivity contribution in [2.24, 2.45) is 0 Å². The van der Waals surface area contributed by atoms with E-state index in [9.17, 15) is 16.8 Å². The van der Waals surface area contributed by atoms with Gasteiger partial charge in [-0.25, -0.2) is 16.8 Å². The van der Waals surface area contributed by atoms with Gasteiger partial charge in [-0.1, -0.05) is 0 Å². The molecule has 8 heteroatoms. The highest BCUT2D eigenvalue weighted by Gasteiger charge is 2.28. The molecule has 18 heavy (non-hydrogen) atoms. The second-order valence-electron chi connectivity index (χ2n) is 4.92. The topological polar surface area (TPSA) is 80.8 Å². The molecule has 6 nitrogen and oxygen atoms in total. The Hall–Kier alpha value is -0.180. The van der Waals surface area contributed by atoms with E-state index < -0.39 is 26.0 Å². The average molecular weight is 299 g/mol. The third-order valence-corrected chi connectivity index (χ3v) is 5.05. The molecule has 0 bridgehead atoms. The number of sulfone groups is 1. The first-order valence-electron chi connectivity index (χ1n) is 5.86. The van der Waals surface area contributed by atoms with Crippen molar-refractivity contribution in [2.75, 3.05) is 31.4 Å². The van der Waals surface area contributed by atoms with Gasteiger partial charge in [0, 0.05) is 19.3 Å². The molecule has 0 radical (unpaired) electrons. The Morgan fingerprint density at radius 2 is 1.83 bits per heavy atom. The minimum atomic E-state index is -3.31. The summed E-state index contributed by atoms with van der Waals surface area (Å²) in [6.45, 7) is 2.41. The molecule has 108 valence electrons. The van der Waals surface area contributed by atoms with Crippen molar-refractivity contribution in [2.45, 2.75) is 32.0 Å². The smallest absolute Gasteiger partial charge is 0.211 e. The van der Waals surface area contributed by atoms with Crippen LogP contribution in [0.5, 0.6) is 0 Å². The first kappa shape index (κ1) is 15.9. The van der Waals surface area contributed by atoms with Gasteiger partial charge >= 0.3 is 0 Å². The Labute approximate surface area is 109 Å². The molecular formula is C10H21NO5S2.